The van der Waals surface area contributed by atoms with E-state index in [1.54, 1.807) is 0 Å². The van der Waals surface area contributed by atoms with Crippen LogP contribution in [0.15, 0.2) is 29.8 Å². The predicted octanol–water partition coefficient (Wildman–Crippen LogP) is 6.14. The lowest BCUT2D eigenvalue weighted by Gasteiger charge is -2.64. The van der Waals surface area contributed by atoms with Crippen LogP contribution in [0.25, 0.3) is 0 Å². The normalized spacial score (nSPS) is 41.2. The maximum absolute atomic E-state index is 12.8. The van der Waals surface area contributed by atoms with Crippen molar-refractivity contribution in [3.8, 4) is 0 Å². The standard InChI is InChI=1S/C32H46ClNO4/c1-28(2)19-37-32(38-20-28)15-14-30(17-21-6-7-22(34(4)5)16-26(21)33)25-11-12-29(3)24(8-9-27(29)35)23(25)10-13-31(30,36)18-32/h6-7,11,16,23-24,27,35-36H,8-10,12-15,17-20H2,1-5H3/t23-,24-,27-,29-,30-,31+/m0/s1. The summed E-state index contributed by atoms with van der Waals surface area (Å²) in [7, 11) is 4.06. The summed E-state index contributed by atoms with van der Waals surface area (Å²) >= 11 is 6.93. The third kappa shape index (κ3) is 4.02. The fraction of sp³-hybridized carbons (Fsp3) is 0.750. The van der Waals surface area contributed by atoms with Crippen molar-refractivity contribution in [1.29, 1.82) is 0 Å². The number of benzene rings is 1. The van der Waals surface area contributed by atoms with Gasteiger partial charge in [-0.2, -0.15) is 0 Å². The molecule has 4 aliphatic carbocycles. The van der Waals surface area contributed by atoms with E-state index in [1.165, 1.54) is 5.57 Å². The zero-order chi connectivity index (χ0) is 27.1. The van der Waals surface area contributed by atoms with Gasteiger partial charge >= 0.3 is 0 Å². The molecule has 1 saturated heterocycles. The molecule has 1 spiro atoms. The second-order valence-electron chi connectivity index (χ2n) is 14.5. The molecule has 0 radical (unpaired) electrons. The minimum Gasteiger partial charge on any atom is -0.393 e. The van der Waals surface area contributed by atoms with Crippen molar-refractivity contribution in [3.63, 3.8) is 0 Å². The molecule has 1 heterocycles. The van der Waals surface area contributed by atoms with Gasteiger partial charge in [-0.3, -0.25) is 0 Å². The lowest BCUT2D eigenvalue weighted by Crippen LogP contribution is -2.66. The number of halogens is 1. The Bertz CT molecular complexity index is 1120. The molecule has 4 fully saturated rings. The Balaban J connectivity index is 1.41. The third-order valence-corrected chi connectivity index (χ3v) is 11.7. The summed E-state index contributed by atoms with van der Waals surface area (Å²) in [6.07, 6.45) is 9.48. The minimum atomic E-state index is -0.941. The largest absolute Gasteiger partial charge is 0.393 e. The smallest absolute Gasteiger partial charge is 0.171 e. The van der Waals surface area contributed by atoms with Gasteiger partial charge in [-0.25, -0.2) is 0 Å². The summed E-state index contributed by atoms with van der Waals surface area (Å²) in [5, 5.41) is 24.5. The molecule has 6 heteroatoms. The van der Waals surface area contributed by atoms with Crippen LogP contribution in [0.4, 0.5) is 5.69 Å². The van der Waals surface area contributed by atoms with Crippen LogP contribution in [0.2, 0.25) is 5.02 Å². The fourth-order valence-corrected chi connectivity index (χ4v) is 9.13. The lowest BCUT2D eigenvalue weighted by molar-refractivity contribution is -0.343. The highest BCUT2D eigenvalue weighted by atomic mass is 35.5. The molecule has 0 amide bonds. The molecule has 0 bridgehead atoms. The number of anilines is 1. The number of hydrogen-bond donors (Lipinski definition) is 2. The van der Waals surface area contributed by atoms with Crippen LogP contribution in [0.1, 0.15) is 77.7 Å². The second kappa shape index (κ2) is 8.94. The van der Waals surface area contributed by atoms with Gasteiger partial charge in [0.25, 0.3) is 0 Å². The molecule has 5 nitrogen and oxygen atoms in total. The summed E-state index contributed by atoms with van der Waals surface area (Å²) in [5.74, 6) is 0.142. The molecule has 1 aliphatic heterocycles. The molecule has 6 rings (SSSR count). The Morgan fingerprint density at radius 2 is 1.76 bits per heavy atom. The van der Waals surface area contributed by atoms with Gasteiger partial charge in [0.05, 0.1) is 24.9 Å². The Hall–Kier alpha value is -1.11. The first kappa shape index (κ1) is 27.1. The quantitative estimate of drug-likeness (QED) is 0.449. The van der Waals surface area contributed by atoms with Crippen LogP contribution in [-0.2, 0) is 15.9 Å². The first-order valence-electron chi connectivity index (χ1n) is 14.7. The maximum Gasteiger partial charge on any atom is 0.171 e. The molecule has 1 aromatic carbocycles. The first-order valence-corrected chi connectivity index (χ1v) is 15.0. The van der Waals surface area contributed by atoms with Crippen molar-refractivity contribution < 1.29 is 19.7 Å². The van der Waals surface area contributed by atoms with E-state index in [4.69, 9.17) is 21.1 Å². The number of nitrogens with zero attached hydrogens (tertiary/aromatic N) is 1. The van der Waals surface area contributed by atoms with Gasteiger partial charge in [-0.15, -0.1) is 0 Å². The van der Waals surface area contributed by atoms with Gasteiger partial charge in [0, 0.05) is 53.9 Å². The Morgan fingerprint density at radius 1 is 1.03 bits per heavy atom. The summed E-state index contributed by atoms with van der Waals surface area (Å²) < 4.78 is 12.9. The fourth-order valence-electron chi connectivity index (χ4n) is 8.89. The van der Waals surface area contributed by atoms with Crippen LogP contribution in [0, 0.1) is 28.1 Å². The average Bonchev–Trinajstić information content (AvgIpc) is 3.17. The summed E-state index contributed by atoms with van der Waals surface area (Å²) in [6, 6.07) is 6.34. The van der Waals surface area contributed by atoms with Gasteiger partial charge in [-0.05, 0) is 74.5 Å². The zero-order valence-electron chi connectivity index (χ0n) is 23.9. The van der Waals surface area contributed by atoms with Crippen molar-refractivity contribution >= 4 is 17.3 Å². The van der Waals surface area contributed by atoms with Crippen molar-refractivity contribution in [1.82, 2.24) is 0 Å². The summed E-state index contributed by atoms with van der Waals surface area (Å²) in [6.45, 7) is 7.93. The Labute approximate surface area is 233 Å². The SMILES string of the molecule is CN(C)c1ccc(C[C@]23CCC4(C[C@]2(O)CC[C@@H]2C3=CC[C@]3(C)[C@@H](O)CC[C@@H]23)OCC(C)(C)CO4)c(Cl)c1. The van der Waals surface area contributed by atoms with E-state index in [0.717, 1.165) is 61.2 Å². The summed E-state index contributed by atoms with van der Waals surface area (Å²) in [5.41, 5.74) is 2.16. The molecule has 210 valence electrons. The molecule has 2 N–H and O–H groups in total. The molecular formula is C32H46ClNO4. The van der Waals surface area contributed by atoms with Crippen LogP contribution in [-0.4, -0.2) is 55.0 Å². The van der Waals surface area contributed by atoms with E-state index in [1.807, 2.05) is 20.2 Å². The number of rotatable bonds is 3. The van der Waals surface area contributed by atoms with E-state index in [9.17, 15) is 10.2 Å². The predicted molar refractivity (Wildman–Crippen MR) is 151 cm³/mol. The zero-order valence-corrected chi connectivity index (χ0v) is 24.6. The number of fused-ring (bicyclic) bond motifs is 5. The molecule has 3 saturated carbocycles. The summed E-state index contributed by atoms with van der Waals surface area (Å²) in [4.78, 5) is 2.07. The molecule has 6 atom stereocenters. The van der Waals surface area contributed by atoms with E-state index < -0.39 is 16.8 Å². The molecule has 5 aliphatic rings. The second-order valence-corrected chi connectivity index (χ2v) is 14.9. The first-order chi connectivity index (χ1) is 17.8. The third-order valence-electron chi connectivity index (χ3n) is 11.3. The number of ether oxygens (including phenoxy) is 2. The minimum absolute atomic E-state index is 0.0125. The average molecular weight is 544 g/mol. The highest BCUT2D eigenvalue weighted by Gasteiger charge is 2.66. The van der Waals surface area contributed by atoms with E-state index >= 15 is 0 Å². The van der Waals surface area contributed by atoms with Crippen LogP contribution in [0.3, 0.4) is 0 Å². The van der Waals surface area contributed by atoms with Crippen molar-refractivity contribution in [3.05, 3.63) is 40.4 Å². The molecule has 38 heavy (non-hydrogen) atoms. The maximum atomic E-state index is 12.8. The number of aliphatic hydroxyl groups is 2. The van der Waals surface area contributed by atoms with Crippen molar-refractivity contribution in [2.24, 2.45) is 28.1 Å². The van der Waals surface area contributed by atoms with E-state index in [-0.39, 0.29) is 16.9 Å². The highest BCUT2D eigenvalue weighted by Crippen LogP contribution is 2.68. The van der Waals surface area contributed by atoms with Crippen molar-refractivity contribution in [2.75, 3.05) is 32.2 Å². The van der Waals surface area contributed by atoms with Gasteiger partial charge in [0.2, 0.25) is 0 Å². The van der Waals surface area contributed by atoms with Crippen LogP contribution < -0.4 is 4.90 Å². The number of allylic oxidation sites excluding steroid dienone is 1. The molecule has 0 unspecified atom stereocenters. The van der Waals surface area contributed by atoms with Gasteiger partial charge in [0.1, 0.15) is 0 Å². The number of aliphatic hydroxyl groups excluding tert-OH is 1. The topological polar surface area (TPSA) is 62.2 Å². The monoisotopic (exact) mass is 543 g/mol. The van der Waals surface area contributed by atoms with E-state index in [0.29, 0.717) is 37.9 Å². The molecule has 1 aromatic rings. The van der Waals surface area contributed by atoms with Gasteiger partial charge in [0.15, 0.2) is 5.79 Å². The van der Waals surface area contributed by atoms with E-state index in [2.05, 4.69) is 43.9 Å². The highest BCUT2D eigenvalue weighted by molar-refractivity contribution is 6.31. The lowest BCUT2D eigenvalue weighted by atomic mass is 9.45. The molecule has 0 aromatic heterocycles. The Morgan fingerprint density at radius 3 is 2.45 bits per heavy atom. The van der Waals surface area contributed by atoms with Crippen LogP contribution in [0.5, 0.6) is 0 Å². The Kier molecular flexibility index (Phi) is 6.37. The van der Waals surface area contributed by atoms with Gasteiger partial charge < -0.3 is 24.6 Å². The van der Waals surface area contributed by atoms with Gasteiger partial charge in [-0.1, -0.05) is 50.1 Å². The molecular weight excluding hydrogens is 498 g/mol. The van der Waals surface area contributed by atoms with Crippen LogP contribution >= 0.6 is 11.6 Å². The van der Waals surface area contributed by atoms with Crippen molar-refractivity contribution in [2.45, 2.75) is 96.1 Å². The number of hydrogen-bond acceptors (Lipinski definition) is 5.